The zero-order valence-corrected chi connectivity index (χ0v) is 18.5. The van der Waals surface area contributed by atoms with Crippen LogP contribution in [0.1, 0.15) is 83.9 Å². The number of rotatable bonds is 3. The predicted octanol–water partition coefficient (Wildman–Crippen LogP) is 4.99. The zero-order valence-electron chi connectivity index (χ0n) is 18.5. The van der Waals surface area contributed by atoms with Gasteiger partial charge >= 0.3 is 0 Å². The van der Waals surface area contributed by atoms with Crippen LogP contribution in [-0.2, 0) is 10.2 Å². The molecular weight excluding hydrogens is 386 g/mol. The summed E-state index contributed by atoms with van der Waals surface area (Å²) in [6, 6.07) is 1.06. The van der Waals surface area contributed by atoms with E-state index in [-0.39, 0.29) is 17.4 Å². The van der Waals surface area contributed by atoms with Crippen LogP contribution in [0.5, 0.6) is 0 Å². The number of halogens is 2. The predicted molar refractivity (Wildman–Crippen MR) is 114 cm³/mol. The SMILES string of the molecule is CC(C)(C)c1cc2n(n1)[C@@H](C(F)F)C[C@@H](C1CCN(C(=O)C3CCCCC3)CC1)N2. The second kappa shape index (κ2) is 8.46. The highest BCUT2D eigenvalue weighted by Crippen LogP contribution is 2.39. The Labute approximate surface area is 178 Å². The van der Waals surface area contributed by atoms with Crippen molar-refractivity contribution in [3.63, 3.8) is 0 Å². The lowest BCUT2D eigenvalue weighted by Gasteiger charge is -2.41. The van der Waals surface area contributed by atoms with Gasteiger partial charge in [-0.3, -0.25) is 4.79 Å². The van der Waals surface area contributed by atoms with Crippen LogP contribution in [0, 0.1) is 11.8 Å². The van der Waals surface area contributed by atoms with E-state index in [1.807, 2.05) is 11.0 Å². The number of aromatic nitrogens is 2. The number of carbonyl (C=O) groups is 1. The molecule has 1 saturated heterocycles. The summed E-state index contributed by atoms with van der Waals surface area (Å²) < 4.78 is 29.3. The van der Waals surface area contributed by atoms with Crippen molar-refractivity contribution in [2.75, 3.05) is 18.4 Å². The first-order valence-electron chi connectivity index (χ1n) is 11.7. The van der Waals surface area contributed by atoms with Crippen molar-refractivity contribution in [1.82, 2.24) is 14.7 Å². The number of hydrogen-bond donors (Lipinski definition) is 1. The van der Waals surface area contributed by atoms with Gasteiger partial charge in [0.25, 0.3) is 6.43 Å². The molecule has 0 unspecified atom stereocenters. The molecule has 1 aromatic rings. The van der Waals surface area contributed by atoms with Crippen LogP contribution in [0.3, 0.4) is 0 Å². The van der Waals surface area contributed by atoms with Crippen molar-refractivity contribution in [3.8, 4) is 0 Å². The molecule has 1 amide bonds. The topological polar surface area (TPSA) is 50.2 Å². The first-order valence-corrected chi connectivity index (χ1v) is 11.7. The fourth-order valence-corrected chi connectivity index (χ4v) is 5.38. The van der Waals surface area contributed by atoms with Crippen molar-refractivity contribution in [1.29, 1.82) is 0 Å². The van der Waals surface area contributed by atoms with Gasteiger partial charge in [0.05, 0.1) is 5.69 Å². The Hall–Kier alpha value is -1.66. The van der Waals surface area contributed by atoms with E-state index in [0.717, 1.165) is 57.3 Å². The van der Waals surface area contributed by atoms with Crippen LogP contribution in [0.25, 0.3) is 0 Å². The number of nitrogens with one attached hydrogen (secondary N) is 1. The Morgan fingerprint density at radius 1 is 1.13 bits per heavy atom. The Morgan fingerprint density at radius 2 is 1.80 bits per heavy atom. The summed E-state index contributed by atoms with van der Waals surface area (Å²) >= 11 is 0. The van der Waals surface area contributed by atoms with Crippen LogP contribution in [-0.4, -0.2) is 46.1 Å². The molecule has 0 spiro atoms. The molecule has 5 nitrogen and oxygen atoms in total. The van der Waals surface area contributed by atoms with Gasteiger partial charge in [0.1, 0.15) is 11.9 Å². The maximum absolute atomic E-state index is 13.9. The van der Waals surface area contributed by atoms with Crippen LogP contribution in [0.4, 0.5) is 14.6 Å². The molecule has 3 heterocycles. The minimum Gasteiger partial charge on any atom is -0.367 e. The maximum atomic E-state index is 13.9. The first kappa shape index (κ1) is 21.6. The van der Waals surface area contributed by atoms with Crippen molar-refractivity contribution >= 4 is 11.7 Å². The highest BCUT2D eigenvalue weighted by Gasteiger charge is 2.39. The third-order valence-corrected chi connectivity index (χ3v) is 7.31. The van der Waals surface area contributed by atoms with Gasteiger partial charge in [-0.05, 0) is 38.0 Å². The number of hydrogen-bond acceptors (Lipinski definition) is 3. The number of alkyl halides is 2. The summed E-state index contributed by atoms with van der Waals surface area (Å²) in [6.07, 6.45) is 5.34. The highest BCUT2D eigenvalue weighted by atomic mass is 19.3. The maximum Gasteiger partial charge on any atom is 0.260 e. The molecule has 0 radical (unpaired) electrons. The molecule has 3 aliphatic rings. The van der Waals surface area contributed by atoms with Gasteiger partial charge in [-0.2, -0.15) is 5.10 Å². The van der Waals surface area contributed by atoms with Gasteiger partial charge in [-0.25, -0.2) is 13.5 Å². The van der Waals surface area contributed by atoms with Gasteiger partial charge in [0.15, 0.2) is 0 Å². The van der Waals surface area contributed by atoms with Gasteiger partial charge in [-0.15, -0.1) is 0 Å². The molecule has 7 heteroatoms. The van der Waals surface area contributed by atoms with E-state index in [2.05, 4.69) is 31.2 Å². The number of amides is 1. The summed E-state index contributed by atoms with van der Waals surface area (Å²) in [5.41, 5.74) is 0.656. The third-order valence-electron chi connectivity index (χ3n) is 7.31. The minimum absolute atomic E-state index is 0.00736. The lowest BCUT2D eigenvalue weighted by molar-refractivity contribution is -0.138. The molecule has 0 bridgehead atoms. The Bertz CT molecular complexity index is 743. The molecule has 0 aromatic carbocycles. The van der Waals surface area contributed by atoms with E-state index in [1.54, 1.807) is 0 Å². The highest BCUT2D eigenvalue weighted by molar-refractivity contribution is 5.79. The van der Waals surface area contributed by atoms with E-state index in [0.29, 0.717) is 24.1 Å². The number of nitrogens with zero attached hydrogens (tertiary/aromatic N) is 3. The number of anilines is 1. The summed E-state index contributed by atoms with van der Waals surface area (Å²) in [6.45, 7) is 7.66. The molecule has 168 valence electrons. The van der Waals surface area contributed by atoms with Crippen LogP contribution < -0.4 is 5.32 Å². The average molecular weight is 423 g/mol. The van der Waals surface area contributed by atoms with E-state index in [1.165, 1.54) is 11.1 Å². The lowest BCUT2D eigenvalue weighted by atomic mass is 9.83. The Morgan fingerprint density at radius 3 is 2.40 bits per heavy atom. The van der Waals surface area contributed by atoms with Crippen molar-refractivity contribution < 1.29 is 13.6 Å². The molecule has 1 N–H and O–H groups in total. The third kappa shape index (κ3) is 4.35. The number of carbonyl (C=O) groups excluding carboxylic acids is 1. The van der Waals surface area contributed by atoms with Gasteiger partial charge in [0.2, 0.25) is 5.91 Å². The van der Waals surface area contributed by atoms with Crippen molar-refractivity contribution in [2.24, 2.45) is 11.8 Å². The second-order valence-corrected chi connectivity index (χ2v) is 10.5. The second-order valence-electron chi connectivity index (χ2n) is 10.5. The number of piperidine rings is 1. The van der Waals surface area contributed by atoms with Gasteiger partial charge < -0.3 is 10.2 Å². The van der Waals surface area contributed by atoms with Crippen molar-refractivity contribution in [2.45, 2.75) is 96.1 Å². The molecule has 30 heavy (non-hydrogen) atoms. The lowest BCUT2D eigenvalue weighted by Crippen LogP contribution is -2.47. The van der Waals surface area contributed by atoms with E-state index in [9.17, 15) is 13.6 Å². The molecule has 2 atom stereocenters. The summed E-state index contributed by atoms with van der Waals surface area (Å²) in [5, 5.41) is 8.03. The first-order chi connectivity index (χ1) is 14.2. The molecule has 1 aliphatic carbocycles. The average Bonchev–Trinajstić information content (AvgIpc) is 3.18. The number of fused-ring (bicyclic) bond motifs is 1. The fraction of sp³-hybridized carbons (Fsp3) is 0.826. The van der Waals surface area contributed by atoms with Gasteiger partial charge in [-0.1, -0.05) is 40.0 Å². The normalized spacial score (nSPS) is 26.5. The van der Waals surface area contributed by atoms with Crippen LogP contribution in [0.15, 0.2) is 6.07 Å². The summed E-state index contributed by atoms with van der Waals surface area (Å²) in [4.78, 5) is 14.9. The standard InChI is InChI=1S/C23H36F2N4O/c1-23(2,3)19-14-20-26-17(13-18(21(24)25)29(20)27-19)15-9-11-28(12-10-15)22(30)16-7-5-4-6-8-16/h14-18,21,26H,4-13H2,1-3H3/t17-,18+/m0/s1. The molecule has 1 saturated carbocycles. The monoisotopic (exact) mass is 422 g/mol. The van der Waals surface area contributed by atoms with E-state index >= 15 is 0 Å². The fourth-order valence-electron chi connectivity index (χ4n) is 5.38. The molecule has 1 aromatic heterocycles. The summed E-state index contributed by atoms with van der Waals surface area (Å²) in [7, 11) is 0. The van der Waals surface area contributed by atoms with Gasteiger partial charge in [0, 0.05) is 36.5 Å². The van der Waals surface area contributed by atoms with Crippen LogP contribution >= 0.6 is 0 Å². The minimum atomic E-state index is -2.44. The molecule has 2 aliphatic heterocycles. The van der Waals surface area contributed by atoms with E-state index < -0.39 is 12.5 Å². The van der Waals surface area contributed by atoms with Crippen LogP contribution in [0.2, 0.25) is 0 Å². The largest absolute Gasteiger partial charge is 0.367 e. The molecule has 4 rings (SSSR count). The number of likely N-dealkylation sites (tertiary alicyclic amines) is 1. The summed E-state index contributed by atoms with van der Waals surface area (Å²) in [5.74, 6) is 1.55. The quantitative estimate of drug-likeness (QED) is 0.747. The Kier molecular flexibility index (Phi) is 6.08. The molecular formula is C23H36F2N4O. The smallest absolute Gasteiger partial charge is 0.260 e. The molecule has 2 fully saturated rings. The Balaban J connectivity index is 1.41. The van der Waals surface area contributed by atoms with Crippen molar-refractivity contribution in [3.05, 3.63) is 11.8 Å². The zero-order chi connectivity index (χ0) is 21.5. The van der Waals surface area contributed by atoms with E-state index in [4.69, 9.17) is 0 Å².